The van der Waals surface area contributed by atoms with Gasteiger partial charge in [-0.15, -0.1) is 0 Å². The molecule has 0 bridgehead atoms. The van der Waals surface area contributed by atoms with Gasteiger partial charge < -0.3 is 5.11 Å². The van der Waals surface area contributed by atoms with Crippen molar-refractivity contribution in [1.29, 1.82) is 0 Å². The highest BCUT2D eigenvalue weighted by molar-refractivity contribution is 5.43. The average molecular weight is 258 g/mol. The summed E-state index contributed by atoms with van der Waals surface area (Å²) in [5.41, 5.74) is 1.48. The first-order chi connectivity index (χ1) is 8.99. The first-order valence-electron chi connectivity index (χ1n) is 6.54. The van der Waals surface area contributed by atoms with E-state index in [9.17, 15) is 9.50 Å². The van der Waals surface area contributed by atoms with E-state index in [1.54, 1.807) is 0 Å². The van der Waals surface area contributed by atoms with E-state index in [4.69, 9.17) is 0 Å². The maximum Gasteiger partial charge on any atom is 0.130 e. The van der Waals surface area contributed by atoms with Gasteiger partial charge in [0.1, 0.15) is 11.4 Å². The first kappa shape index (κ1) is 13.8. The Balaban J connectivity index is 2.66. The smallest absolute Gasteiger partial charge is 0.130 e. The van der Waals surface area contributed by atoms with Gasteiger partial charge >= 0.3 is 0 Å². The molecule has 0 radical (unpaired) electrons. The molecule has 0 heterocycles. The highest BCUT2D eigenvalue weighted by atomic mass is 19.1. The van der Waals surface area contributed by atoms with Crippen molar-refractivity contribution in [3.05, 3.63) is 70.5 Å². The molecule has 0 aliphatic heterocycles. The molecule has 0 fully saturated rings. The van der Waals surface area contributed by atoms with Crippen molar-refractivity contribution in [2.45, 2.75) is 32.8 Å². The molecule has 2 heteroatoms. The van der Waals surface area contributed by atoms with Crippen LogP contribution in [0.4, 0.5) is 4.39 Å². The van der Waals surface area contributed by atoms with Crippen LogP contribution >= 0.6 is 0 Å². The zero-order valence-electron chi connectivity index (χ0n) is 11.6. The monoisotopic (exact) mass is 258 g/mol. The molecule has 0 aromatic heterocycles. The minimum atomic E-state index is -1.27. The molecule has 0 aliphatic carbocycles. The highest BCUT2D eigenvalue weighted by Crippen LogP contribution is 2.36. The fourth-order valence-electron chi connectivity index (χ4n) is 2.68. The lowest BCUT2D eigenvalue weighted by atomic mass is 9.81. The van der Waals surface area contributed by atoms with Crippen LogP contribution in [0, 0.1) is 19.7 Å². The summed E-state index contributed by atoms with van der Waals surface area (Å²) in [4.78, 5) is 0. The van der Waals surface area contributed by atoms with Crippen LogP contribution in [0.1, 0.15) is 35.6 Å². The Bertz CT molecular complexity index is 554. The van der Waals surface area contributed by atoms with Crippen molar-refractivity contribution in [2.75, 3.05) is 0 Å². The van der Waals surface area contributed by atoms with E-state index in [-0.39, 0.29) is 5.82 Å². The number of benzene rings is 2. The van der Waals surface area contributed by atoms with Gasteiger partial charge in [0.15, 0.2) is 0 Å². The molecular formula is C17H19FO. The zero-order chi connectivity index (χ0) is 14.0. The van der Waals surface area contributed by atoms with Crippen molar-refractivity contribution in [3.8, 4) is 0 Å². The molecule has 0 aliphatic rings. The Labute approximate surface area is 113 Å². The quantitative estimate of drug-likeness (QED) is 0.879. The number of aryl methyl sites for hydroxylation is 2. The highest BCUT2D eigenvalue weighted by Gasteiger charge is 2.33. The molecule has 0 amide bonds. The van der Waals surface area contributed by atoms with Crippen LogP contribution in [-0.2, 0) is 5.60 Å². The molecule has 1 nitrogen and oxygen atoms in total. The zero-order valence-corrected chi connectivity index (χ0v) is 11.6. The lowest BCUT2D eigenvalue weighted by Gasteiger charge is -2.30. The Hall–Kier alpha value is -1.67. The largest absolute Gasteiger partial charge is 0.380 e. The first-order valence-corrected chi connectivity index (χ1v) is 6.54. The van der Waals surface area contributed by atoms with E-state index in [1.165, 1.54) is 6.07 Å². The summed E-state index contributed by atoms with van der Waals surface area (Å²) in [5.74, 6) is -0.342. The second-order valence-corrected chi connectivity index (χ2v) is 5.02. The molecule has 19 heavy (non-hydrogen) atoms. The van der Waals surface area contributed by atoms with Crippen molar-refractivity contribution >= 4 is 0 Å². The van der Waals surface area contributed by atoms with Gasteiger partial charge in [0, 0.05) is 5.56 Å². The van der Waals surface area contributed by atoms with Gasteiger partial charge in [0.25, 0.3) is 0 Å². The summed E-state index contributed by atoms with van der Waals surface area (Å²) in [6, 6.07) is 12.7. The van der Waals surface area contributed by atoms with E-state index >= 15 is 0 Å². The van der Waals surface area contributed by atoms with Gasteiger partial charge in [-0.2, -0.15) is 0 Å². The summed E-state index contributed by atoms with van der Waals surface area (Å²) in [7, 11) is 0. The lowest BCUT2D eigenvalue weighted by Crippen LogP contribution is -2.28. The van der Waals surface area contributed by atoms with E-state index in [0.29, 0.717) is 12.0 Å². The van der Waals surface area contributed by atoms with Crippen LogP contribution in [0.15, 0.2) is 42.5 Å². The lowest BCUT2D eigenvalue weighted by molar-refractivity contribution is 0.0718. The number of hydrogen-bond acceptors (Lipinski definition) is 1. The van der Waals surface area contributed by atoms with Gasteiger partial charge in [-0.3, -0.25) is 0 Å². The van der Waals surface area contributed by atoms with Crippen molar-refractivity contribution in [2.24, 2.45) is 0 Å². The van der Waals surface area contributed by atoms with Gasteiger partial charge in [-0.05, 0) is 43.0 Å². The molecule has 2 rings (SSSR count). The van der Waals surface area contributed by atoms with Gasteiger partial charge in [0.05, 0.1) is 0 Å². The molecule has 2 aromatic rings. The van der Waals surface area contributed by atoms with Crippen LogP contribution in [-0.4, -0.2) is 5.11 Å². The van der Waals surface area contributed by atoms with Gasteiger partial charge in [-0.25, -0.2) is 4.39 Å². The second-order valence-electron chi connectivity index (χ2n) is 5.02. The minimum absolute atomic E-state index is 0.342. The number of halogens is 1. The van der Waals surface area contributed by atoms with Crippen LogP contribution in [0.2, 0.25) is 0 Å². The predicted octanol–water partition coefficient (Wildman–Crippen LogP) is 4.09. The normalized spacial score (nSPS) is 14.2. The minimum Gasteiger partial charge on any atom is -0.380 e. The summed E-state index contributed by atoms with van der Waals surface area (Å²) < 4.78 is 14.3. The third-order valence-corrected chi connectivity index (χ3v) is 3.61. The molecule has 0 spiro atoms. The molecular weight excluding hydrogens is 239 g/mol. The van der Waals surface area contributed by atoms with Crippen LogP contribution < -0.4 is 0 Å². The van der Waals surface area contributed by atoms with E-state index in [1.807, 2.05) is 57.2 Å². The number of rotatable bonds is 3. The Morgan fingerprint density at radius 2 is 1.74 bits per heavy atom. The SMILES string of the molecule is CCC(O)(c1ccccc1)c1c(C)cc(C)cc1F. The van der Waals surface area contributed by atoms with Crippen molar-refractivity contribution in [3.63, 3.8) is 0 Å². The predicted molar refractivity (Wildman–Crippen MR) is 75.6 cm³/mol. The van der Waals surface area contributed by atoms with Gasteiger partial charge in [0.2, 0.25) is 0 Å². The average Bonchev–Trinajstić information content (AvgIpc) is 2.38. The third-order valence-electron chi connectivity index (χ3n) is 3.61. The molecule has 2 aromatic carbocycles. The molecule has 100 valence electrons. The molecule has 1 N–H and O–H groups in total. The van der Waals surface area contributed by atoms with Crippen molar-refractivity contribution < 1.29 is 9.50 Å². The summed E-state index contributed by atoms with van der Waals surface area (Å²) in [6.07, 6.45) is 0.428. The summed E-state index contributed by atoms with van der Waals surface area (Å²) in [6.45, 7) is 5.56. The van der Waals surface area contributed by atoms with Crippen molar-refractivity contribution in [1.82, 2.24) is 0 Å². The Morgan fingerprint density at radius 1 is 1.11 bits per heavy atom. The van der Waals surface area contributed by atoms with Crippen LogP contribution in [0.3, 0.4) is 0 Å². The third kappa shape index (κ3) is 2.41. The molecule has 0 saturated carbocycles. The van der Waals surface area contributed by atoms with E-state index in [2.05, 4.69) is 0 Å². The number of hydrogen-bond donors (Lipinski definition) is 1. The second kappa shape index (κ2) is 5.14. The summed E-state index contributed by atoms with van der Waals surface area (Å²) in [5, 5.41) is 11.0. The van der Waals surface area contributed by atoms with E-state index in [0.717, 1.165) is 16.7 Å². The maximum atomic E-state index is 14.3. The standard InChI is InChI=1S/C17H19FO/c1-4-17(19,14-8-6-5-7-9-14)16-13(3)10-12(2)11-15(16)18/h5-11,19H,4H2,1-3H3. The maximum absolute atomic E-state index is 14.3. The summed E-state index contributed by atoms with van der Waals surface area (Å²) >= 11 is 0. The fourth-order valence-corrected chi connectivity index (χ4v) is 2.68. The van der Waals surface area contributed by atoms with Crippen LogP contribution in [0.5, 0.6) is 0 Å². The van der Waals surface area contributed by atoms with E-state index < -0.39 is 5.60 Å². The Morgan fingerprint density at radius 3 is 2.26 bits per heavy atom. The molecule has 0 saturated heterocycles. The topological polar surface area (TPSA) is 20.2 Å². The Kier molecular flexibility index (Phi) is 3.72. The molecule has 1 atom stereocenters. The van der Waals surface area contributed by atoms with Gasteiger partial charge in [-0.1, -0.05) is 43.3 Å². The van der Waals surface area contributed by atoms with Crippen LogP contribution in [0.25, 0.3) is 0 Å². The fraction of sp³-hybridized carbons (Fsp3) is 0.294. The number of aliphatic hydroxyl groups is 1. The molecule has 1 unspecified atom stereocenters.